The first kappa shape index (κ1) is 17.4. The molecule has 23 heavy (non-hydrogen) atoms. The number of benzene rings is 1. The first-order valence-corrected chi connectivity index (χ1v) is 8.72. The molecule has 1 fully saturated rings. The molecule has 126 valence electrons. The van der Waals surface area contributed by atoms with Crippen LogP contribution in [0.5, 0.6) is 0 Å². The zero-order chi connectivity index (χ0) is 17.4. The summed E-state index contributed by atoms with van der Waals surface area (Å²) in [6, 6.07) is 6.09. The fourth-order valence-electron chi connectivity index (χ4n) is 2.87. The fraction of sp³-hybridized carbons (Fsp3) is 0.467. The van der Waals surface area contributed by atoms with Crippen LogP contribution in [0.25, 0.3) is 0 Å². The van der Waals surface area contributed by atoms with Crippen LogP contribution in [0.3, 0.4) is 0 Å². The van der Waals surface area contributed by atoms with Crippen molar-refractivity contribution in [2.75, 3.05) is 6.54 Å². The number of amides is 1. The predicted molar refractivity (Wildman–Crippen MR) is 82.9 cm³/mol. The average molecular weight is 340 g/mol. The highest BCUT2D eigenvalue weighted by Crippen LogP contribution is 2.58. The molecule has 1 aliphatic rings. The van der Waals surface area contributed by atoms with Crippen molar-refractivity contribution in [3.05, 3.63) is 29.8 Å². The van der Waals surface area contributed by atoms with Gasteiger partial charge in [0, 0.05) is 6.54 Å². The van der Waals surface area contributed by atoms with Gasteiger partial charge >= 0.3 is 5.97 Å². The topological polar surface area (TPSA) is 127 Å². The van der Waals surface area contributed by atoms with E-state index in [9.17, 15) is 18.0 Å². The fourth-order valence-corrected chi connectivity index (χ4v) is 3.39. The molecule has 0 bridgehead atoms. The summed E-state index contributed by atoms with van der Waals surface area (Å²) in [6.45, 7) is 3.89. The van der Waals surface area contributed by atoms with E-state index in [-0.39, 0.29) is 10.8 Å². The lowest BCUT2D eigenvalue weighted by Crippen LogP contribution is -2.29. The second-order valence-corrected chi connectivity index (χ2v) is 7.91. The molecular weight excluding hydrogens is 320 g/mol. The summed E-state index contributed by atoms with van der Waals surface area (Å²) in [5.41, 5.74) is 0.329. The summed E-state index contributed by atoms with van der Waals surface area (Å²) in [4.78, 5) is 23.1. The number of carboxylic acids is 1. The lowest BCUT2D eigenvalue weighted by molar-refractivity contribution is -0.140. The summed E-state index contributed by atoms with van der Waals surface area (Å²) in [6.07, 6.45) is 0.515. The second-order valence-electron chi connectivity index (χ2n) is 6.34. The van der Waals surface area contributed by atoms with Gasteiger partial charge in [-0.25, -0.2) is 13.6 Å². The summed E-state index contributed by atoms with van der Waals surface area (Å²) in [5, 5.41) is 16.8. The van der Waals surface area contributed by atoms with Crippen LogP contribution in [-0.2, 0) is 26.0 Å². The Kier molecular flexibility index (Phi) is 4.50. The number of hydrogen-bond acceptors (Lipinski definition) is 4. The molecule has 2 rings (SSSR count). The van der Waals surface area contributed by atoms with E-state index in [2.05, 4.69) is 5.32 Å². The molecule has 4 N–H and O–H groups in total. The maximum atomic E-state index is 12.0. The van der Waals surface area contributed by atoms with Crippen LogP contribution >= 0.6 is 0 Å². The van der Waals surface area contributed by atoms with Gasteiger partial charge in [-0.3, -0.25) is 9.59 Å². The second kappa shape index (κ2) is 5.93. The number of carbonyl (C=O) groups excluding carboxylic acids is 1. The molecule has 2 atom stereocenters. The van der Waals surface area contributed by atoms with Crippen LogP contribution in [0.1, 0.15) is 19.4 Å². The van der Waals surface area contributed by atoms with Crippen molar-refractivity contribution >= 4 is 21.9 Å². The highest BCUT2D eigenvalue weighted by atomic mass is 32.2. The lowest BCUT2D eigenvalue weighted by atomic mass is 10.1. The molecule has 1 aromatic carbocycles. The number of hydrogen-bond donors (Lipinski definition) is 3. The van der Waals surface area contributed by atoms with Gasteiger partial charge in [0.25, 0.3) is 0 Å². The van der Waals surface area contributed by atoms with Crippen molar-refractivity contribution in [2.45, 2.75) is 25.2 Å². The van der Waals surface area contributed by atoms with Crippen LogP contribution in [-0.4, -0.2) is 31.9 Å². The van der Waals surface area contributed by atoms with Gasteiger partial charge in [-0.05, 0) is 29.5 Å². The number of nitrogens with one attached hydrogen (secondary N) is 1. The Morgan fingerprint density at radius 1 is 1.22 bits per heavy atom. The van der Waals surface area contributed by atoms with Crippen LogP contribution in [0.4, 0.5) is 0 Å². The number of primary sulfonamides is 1. The van der Waals surface area contributed by atoms with Gasteiger partial charge in [0.05, 0.1) is 16.7 Å². The Hall–Kier alpha value is -1.93. The smallest absolute Gasteiger partial charge is 0.307 e. The van der Waals surface area contributed by atoms with Crippen molar-refractivity contribution in [3.8, 4) is 0 Å². The Morgan fingerprint density at radius 2 is 1.78 bits per heavy atom. The molecule has 0 spiro atoms. The first-order valence-electron chi connectivity index (χ1n) is 7.17. The van der Waals surface area contributed by atoms with Crippen molar-refractivity contribution in [1.29, 1.82) is 0 Å². The van der Waals surface area contributed by atoms with Crippen LogP contribution in [0.15, 0.2) is 29.2 Å². The minimum atomic E-state index is -3.71. The molecule has 1 amide bonds. The number of carbonyl (C=O) groups is 2. The van der Waals surface area contributed by atoms with E-state index in [1.165, 1.54) is 12.1 Å². The van der Waals surface area contributed by atoms with Crippen molar-refractivity contribution in [2.24, 2.45) is 22.4 Å². The number of sulfonamides is 1. The molecule has 0 saturated heterocycles. The molecule has 0 heterocycles. The van der Waals surface area contributed by atoms with Crippen LogP contribution in [0, 0.1) is 17.3 Å². The van der Waals surface area contributed by atoms with E-state index in [0.29, 0.717) is 13.0 Å². The highest BCUT2D eigenvalue weighted by Gasteiger charge is 2.65. The average Bonchev–Trinajstić information content (AvgIpc) is 3.01. The standard InChI is InChI=1S/C15H20N2O5S/c1-15(2)11(12(15)14(19)20)13(18)17-8-7-9-3-5-10(6-4-9)23(16,21)22/h3-6,11-12H,7-8H2,1-2H3,(H,17,18)(H,19,20)(H2,16,21,22)/t11-,12-/m1/s1. The van der Waals surface area contributed by atoms with Crippen LogP contribution in [0.2, 0.25) is 0 Å². The zero-order valence-corrected chi connectivity index (χ0v) is 13.8. The van der Waals surface area contributed by atoms with Crippen molar-refractivity contribution in [1.82, 2.24) is 5.32 Å². The van der Waals surface area contributed by atoms with Gasteiger partial charge < -0.3 is 10.4 Å². The third-order valence-electron chi connectivity index (χ3n) is 4.34. The third kappa shape index (κ3) is 3.70. The van der Waals surface area contributed by atoms with E-state index in [1.54, 1.807) is 26.0 Å². The summed E-state index contributed by atoms with van der Waals surface area (Å²) in [5.74, 6) is -2.36. The van der Waals surface area contributed by atoms with E-state index in [0.717, 1.165) is 5.56 Å². The zero-order valence-electron chi connectivity index (χ0n) is 12.9. The lowest BCUT2D eigenvalue weighted by Gasteiger charge is -2.07. The first-order chi connectivity index (χ1) is 10.5. The summed E-state index contributed by atoms with van der Waals surface area (Å²) in [7, 11) is -3.71. The number of carboxylic acid groups (broad SMARTS) is 1. The van der Waals surface area contributed by atoms with Gasteiger partial charge in [0.15, 0.2) is 0 Å². The maximum Gasteiger partial charge on any atom is 0.307 e. The van der Waals surface area contributed by atoms with Crippen LogP contribution < -0.4 is 10.5 Å². The molecule has 0 unspecified atom stereocenters. The third-order valence-corrected chi connectivity index (χ3v) is 5.27. The maximum absolute atomic E-state index is 12.0. The summed E-state index contributed by atoms with van der Waals surface area (Å²) >= 11 is 0. The van der Waals surface area contributed by atoms with E-state index < -0.39 is 33.2 Å². The molecule has 0 aliphatic heterocycles. The van der Waals surface area contributed by atoms with E-state index in [1.807, 2.05) is 0 Å². The van der Waals surface area contributed by atoms with Gasteiger partial charge in [-0.15, -0.1) is 0 Å². The van der Waals surface area contributed by atoms with Gasteiger partial charge in [0.1, 0.15) is 0 Å². The molecule has 0 radical (unpaired) electrons. The van der Waals surface area contributed by atoms with Gasteiger partial charge in [-0.1, -0.05) is 26.0 Å². The molecule has 1 aliphatic carbocycles. The molecule has 8 heteroatoms. The molecule has 0 aromatic heterocycles. The summed E-state index contributed by atoms with van der Waals surface area (Å²) < 4.78 is 22.3. The monoisotopic (exact) mass is 340 g/mol. The number of nitrogens with two attached hydrogens (primary N) is 1. The van der Waals surface area contributed by atoms with E-state index >= 15 is 0 Å². The molecule has 7 nitrogen and oxygen atoms in total. The molecular formula is C15H20N2O5S. The van der Waals surface area contributed by atoms with Crippen molar-refractivity contribution < 1.29 is 23.1 Å². The molecule has 1 aromatic rings. The minimum absolute atomic E-state index is 0.0364. The predicted octanol–water partition coefficient (Wildman–Crippen LogP) is 0.350. The number of aliphatic carboxylic acids is 1. The quantitative estimate of drug-likeness (QED) is 0.689. The molecule has 1 saturated carbocycles. The Bertz CT molecular complexity index is 725. The minimum Gasteiger partial charge on any atom is -0.481 e. The Labute approximate surface area is 134 Å². The highest BCUT2D eigenvalue weighted by molar-refractivity contribution is 7.89. The van der Waals surface area contributed by atoms with Gasteiger partial charge in [-0.2, -0.15) is 0 Å². The Balaban J connectivity index is 1.86. The number of rotatable bonds is 6. The van der Waals surface area contributed by atoms with E-state index in [4.69, 9.17) is 10.2 Å². The van der Waals surface area contributed by atoms with Gasteiger partial charge in [0.2, 0.25) is 15.9 Å². The largest absolute Gasteiger partial charge is 0.481 e. The SMILES string of the molecule is CC1(C)[C@@H](C(=O)O)[C@@H]1C(=O)NCCc1ccc(S(N)(=O)=O)cc1. The normalized spacial score (nSPS) is 22.4. The van der Waals surface area contributed by atoms with Crippen molar-refractivity contribution in [3.63, 3.8) is 0 Å². The Morgan fingerprint density at radius 3 is 2.22 bits per heavy atom.